The Labute approximate surface area is 116 Å². The van der Waals surface area contributed by atoms with Crippen LogP contribution in [0.15, 0.2) is 24.3 Å². The fourth-order valence-electron chi connectivity index (χ4n) is 3.00. The summed E-state index contributed by atoms with van der Waals surface area (Å²) >= 11 is 5.91. The van der Waals surface area contributed by atoms with Gasteiger partial charge in [0.2, 0.25) is 0 Å². The van der Waals surface area contributed by atoms with Gasteiger partial charge in [-0.2, -0.15) is 0 Å². The van der Waals surface area contributed by atoms with E-state index in [9.17, 15) is 0 Å². The van der Waals surface area contributed by atoms with Gasteiger partial charge < -0.3 is 5.32 Å². The van der Waals surface area contributed by atoms with E-state index in [0.29, 0.717) is 12.1 Å². The van der Waals surface area contributed by atoms with Crippen LogP contribution in [-0.2, 0) is 6.42 Å². The molecule has 1 aromatic carbocycles. The number of nitrogens with one attached hydrogen (secondary N) is 1. The van der Waals surface area contributed by atoms with Crippen molar-refractivity contribution in [3.63, 3.8) is 0 Å². The molecule has 0 saturated heterocycles. The summed E-state index contributed by atoms with van der Waals surface area (Å²) in [6, 6.07) is 9.43. The molecule has 18 heavy (non-hydrogen) atoms. The molecule has 0 bridgehead atoms. The number of rotatable bonds is 4. The fraction of sp³-hybridized carbons (Fsp3) is 0.625. The molecule has 1 aromatic rings. The highest BCUT2D eigenvalue weighted by molar-refractivity contribution is 6.30. The second kappa shape index (κ2) is 6.08. The second-order valence-corrected chi connectivity index (χ2v) is 6.35. The molecule has 1 aliphatic carbocycles. The van der Waals surface area contributed by atoms with E-state index < -0.39 is 0 Å². The molecule has 0 radical (unpaired) electrons. The van der Waals surface area contributed by atoms with Gasteiger partial charge in [0.15, 0.2) is 0 Å². The van der Waals surface area contributed by atoms with E-state index in [1.165, 1.54) is 18.4 Å². The van der Waals surface area contributed by atoms with E-state index >= 15 is 0 Å². The van der Waals surface area contributed by atoms with Crippen LogP contribution in [0.4, 0.5) is 0 Å². The van der Waals surface area contributed by atoms with Gasteiger partial charge in [-0.05, 0) is 55.7 Å². The molecule has 1 saturated carbocycles. The predicted octanol–water partition coefficient (Wildman–Crippen LogP) is 4.30. The quantitative estimate of drug-likeness (QED) is 0.856. The van der Waals surface area contributed by atoms with Gasteiger partial charge in [0.05, 0.1) is 0 Å². The minimum atomic E-state index is 0.531. The van der Waals surface area contributed by atoms with Crippen LogP contribution in [0, 0.1) is 11.8 Å². The van der Waals surface area contributed by atoms with Crippen molar-refractivity contribution in [1.82, 2.24) is 5.32 Å². The molecular weight excluding hydrogens is 242 g/mol. The standard InChI is InChI=1S/C16H24ClN/c1-11-4-9-16(13(11)3)18-12(2)10-14-5-7-15(17)8-6-14/h5-8,11-13,16,18H,4,9-10H2,1-3H3. The minimum absolute atomic E-state index is 0.531. The third-order valence-electron chi connectivity index (χ3n) is 4.42. The predicted molar refractivity (Wildman–Crippen MR) is 79.1 cm³/mol. The largest absolute Gasteiger partial charge is 0.311 e. The smallest absolute Gasteiger partial charge is 0.0406 e. The van der Waals surface area contributed by atoms with Crippen molar-refractivity contribution in [2.24, 2.45) is 11.8 Å². The van der Waals surface area contributed by atoms with Crippen LogP contribution in [0.1, 0.15) is 39.2 Å². The molecular formula is C16H24ClN. The minimum Gasteiger partial charge on any atom is -0.311 e. The zero-order valence-corrected chi connectivity index (χ0v) is 12.4. The summed E-state index contributed by atoms with van der Waals surface area (Å²) in [5, 5.41) is 4.61. The van der Waals surface area contributed by atoms with Crippen LogP contribution in [0.3, 0.4) is 0 Å². The maximum absolute atomic E-state index is 5.91. The van der Waals surface area contributed by atoms with Gasteiger partial charge in [0.25, 0.3) is 0 Å². The molecule has 1 N–H and O–H groups in total. The van der Waals surface area contributed by atoms with Crippen molar-refractivity contribution in [2.75, 3.05) is 0 Å². The van der Waals surface area contributed by atoms with Crippen LogP contribution in [0.2, 0.25) is 5.02 Å². The normalized spacial score (nSPS) is 29.4. The SMILES string of the molecule is CC(Cc1ccc(Cl)cc1)NC1CCC(C)C1C. The van der Waals surface area contributed by atoms with Gasteiger partial charge >= 0.3 is 0 Å². The molecule has 0 aromatic heterocycles. The van der Waals surface area contributed by atoms with Crippen molar-refractivity contribution in [1.29, 1.82) is 0 Å². The Morgan fingerprint density at radius 1 is 1.22 bits per heavy atom. The van der Waals surface area contributed by atoms with Crippen LogP contribution in [-0.4, -0.2) is 12.1 Å². The second-order valence-electron chi connectivity index (χ2n) is 5.92. The van der Waals surface area contributed by atoms with E-state index in [0.717, 1.165) is 23.3 Å². The molecule has 2 heteroatoms. The highest BCUT2D eigenvalue weighted by atomic mass is 35.5. The van der Waals surface area contributed by atoms with Gasteiger partial charge in [-0.15, -0.1) is 0 Å². The Kier molecular flexibility index (Phi) is 4.69. The highest BCUT2D eigenvalue weighted by Crippen LogP contribution is 2.31. The molecule has 100 valence electrons. The molecule has 4 unspecified atom stereocenters. The van der Waals surface area contributed by atoms with Crippen molar-refractivity contribution in [2.45, 2.75) is 52.1 Å². The first-order chi connectivity index (χ1) is 8.56. The zero-order chi connectivity index (χ0) is 13.1. The van der Waals surface area contributed by atoms with Crippen molar-refractivity contribution in [3.8, 4) is 0 Å². The third-order valence-corrected chi connectivity index (χ3v) is 4.67. The number of benzene rings is 1. The topological polar surface area (TPSA) is 12.0 Å². The Balaban J connectivity index is 1.85. The van der Waals surface area contributed by atoms with Gasteiger partial charge in [-0.1, -0.05) is 37.6 Å². The Hall–Kier alpha value is -0.530. The molecule has 2 rings (SSSR count). The molecule has 0 heterocycles. The monoisotopic (exact) mass is 265 g/mol. The van der Waals surface area contributed by atoms with E-state index in [1.54, 1.807) is 0 Å². The van der Waals surface area contributed by atoms with Crippen LogP contribution < -0.4 is 5.32 Å². The summed E-state index contributed by atoms with van der Waals surface area (Å²) in [4.78, 5) is 0. The van der Waals surface area contributed by atoms with Gasteiger partial charge in [-0.3, -0.25) is 0 Å². The molecule has 0 spiro atoms. The van der Waals surface area contributed by atoms with E-state index in [1.807, 2.05) is 12.1 Å². The zero-order valence-electron chi connectivity index (χ0n) is 11.6. The average Bonchev–Trinajstić information content (AvgIpc) is 2.64. The molecule has 0 aliphatic heterocycles. The average molecular weight is 266 g/mol. The van der Waals surface area contributed by atoms with Crippen LogP contribution in [0.5, 0.6) is 0 Å². The van der Waals surface area contributed by atoms with E-state index in [4.69, 9.17) is 11.6 Å². The maximum Gasteiger partial charge on any atom is 0.0406 e. The van der Waals surface area contributed by atoms with Gasteiger partial charge in [-0.25, -0.2) is 0 Å². The number of hydrogen-bond acceptors (Lipinski definition) is 1. The summed E-state index contributed by atoms with van der Waals surface area (Å²) in [5.74, 6) is 1.67. The summed E-state index contributed by atoms with van der Waals surface area (Å²) in [5.41, 5.74) is 1.36. The van der Waals surface area contributed by atoms with Crippen molar-refractivity contribution < 1.29 is 0 Å². The highest BCUT2D eigenvalue weighted by Gasteiger charge is 2.30. The Morgan fingerprint density at radius 3 is 2.44 bits per heavy atom. The van der Waals surface area contributed by atoms with Gasteiger partial charge in [0, 0.05) is 17.1 Å². The summed E-state index contributed by atoms with van der Waals surface area (Å²) in [7, 11) is 0. The third kappa shape index (κ3) is 3.49. The molecule has 0 amide bonds. The first-order valence-electron chi connectivity index (χ1n) is 7.06. The van der Waals surface area contributed by atoms with Crippen molar-refractivity contribution >= 4 is 11.6 Å². The fourth-order valence-corrected chi connectivity index (χ4v) is 3.12. The van der Waals surface area contributed by atoms with E-state index in [-0.39, 0.29) is 0 Å². The first-order valence-corrected chi connectivity index (χ1v) is 7.44. The van der Waals surface area contributed by atoms with Crippen LogP contribution >= 0.6 is 11.6 Å². The lowest BCUT2D eigenvalue weighted by atomic mass is 9.96. The molecule has 1 aliphatic rings. The number of halogens is 1. The molecule has 1 fully saturated rings. The van der Waals surface area contributed by atoms with Gasteiger partial charge in [0.1, 0.15) is 0 Å². The summed E-state index contributed by atoms with van der Waals surface area (Å²) < 4.78 is 0. The maximum atomic E-state index is 5.91. The first kappa shape index (κ1) is 13.9. The van der Waals surface area contributed by atoms with E-state index in [2.05, 4.69) is 38.2 Å². The molecule has 4 atom stereocenters. The lowest BCUT2D eigenvalue weighted by Gasteiger charge is -2.24. The van der Waals surface area contributed by atoms with Crippen molar-refractivity contribution in [3.05, 3.63) is 34.9 Å². The molecule has 1 nitrogen and oxygen atoms in total. The summed E-state index contributed by atoms with van der Waals surface area (Å²) in [6.07, 6.45) is 3.77. The van der Waals surface area contributed by atoms with Crippen LogP contribution in [0.25, 0.3) is 0 Å². The Morgan fingerprint density at radius 2 is 1.89 bits per heavy atom. The lowest BCUT2D eigenvalue weighted by Crippen LogP contribution is -2.39. The summed E-state index contributed by atoms with van der Waals surface area (Å²) in [6.45, 7) is 7.03. The number of hydrogen-bond donors (Lipinski definition) is 1. The Bertz CT molecular complexity index is 373. The lowest BCUT2D eigenvalue weighted by molar-refractivity contribution is 0.343.